The van der Waals surface area contributed by atoms with Gasteiger partial charge in [-0.3, -0.25) is 0 Å². The second-order valence-electron chi connectivity index (χ2n) is 13.9. The Balaban J connectivity index is 1.92. The number of benzene rings is 3. The Morgan fingerprint density at radius 1 is 0.633 bits per heavy atom. The molecule has 13 nitrogen and oxygen atoms in total. The summed E-state index contributed by atoms with van der Waals surface area (Å²) >= 11 is 0. The summed E-state index contributed by atoms with van der Waals surface area (Å²) in [6, 6.07) is 17.2. The monoisotopic (exact) mass is 832 g/mol. The van der Waals surface area contributed by atoms with Crippen LogP contribution >= 0.6 is 0 Å². The zero-order valence-corrected chi connectivity index (χ0v) is 34.6. The van der Waals surface area contributed by atoms with E-state index in [1.54, 1.807) is 54.6 Å². The quantitative estimate of drug-likeness (QED) is 0.0302. The molecular weight excluding hydrogens is 779 g/mol. The Morgan fingerprint density at radius 3 is 1.73 bits per heavy atom. The van der Waals surface area contributed by atoms with Gasteiger partial charge in [-0.1, -0.05) is 82.2 Å². The number of unbranched alkanes of at least 4 members (excludes halogenated alkanes) is 4. The first kappa shape index (κ1) is 48.1. The molecule has 0 aliphatic rings. The zero-order valence-electron chi connectivity index (χ0n) is 34.6. The highest BCUT2D eigenvalue weighted by molar-refractivity contribution is 6.30. The first-order valence-corrected chi connectivity index (χ1v) is 19.7. The molecule has 0 saturated heterocycles. The number of ether oxygens (including phenoxy) is 7. The molecule has 3 aromatic carbocycles. The second-order valence-corrected chi connectivity index (χ2v) is 13.9. The van der Waals surface area contributed by atoms with Gasteiger partial charge in [0, 0.05) is 17.2 Å². The highest BCUT2D eigenvalue weighted by Crippen LogP contribution is 2.33. The highest BCUT2D eigenvalue weighted by Gasteiger charge is 2.39. The van der Waals surface area contributed by atoms with E-state index in [4.69, 9.17) is 33.2 Å². The second kappa shape index (κ2) is 24.6. The highest BCUT2D eigenvalue weighted by atomic mass is 19.1. The lowest BCUT2D eigenvalue weighted by atomic mass is 9.92. The van der Waals surface area contributed by atoms with E-state index < -0.39 is 67.7 Å². The Labute approximate surface area is 349 Å². The summed E-state index contributed by atoms with van der Waals surface area (Å²) in [4.78, 5) is 73.5. The minimum atomic E-state index is -1.67. The van der Waals surface area contributed by atoms with Crippen molar-refractivity contribution in [2.24, 2.45) is 5.41 Å². The maximum atomic E-state index is 15.5. The van der Waals surface area contributed by atoms with Crippen LogP contribution in [0.3, 0.4) is 0 Å². The van der Waals surface area contributed by atoms with Crippen molar-refractivity contribution >= 4 is 35.8 Å². The molecule has 322 valence electrons. The Hall–Kier alpha value is -6.31. The Bertz CT molecular complexity index is 1950. The smallest absolute Gasteiger partial charge is 0.417 e. The average molecular weight is 833 g/mol. The van der Waals surface area contributed by atoms with Crippen LogP contribution in [-0.4, -0.2) is 75.5 Å². The van der Waals surface area contributed by atoms with Crippen molar-refractivity contribution in [3.05, 3.63) is 102 Å². The van der Waals surface area contributed by atoms with Gasteiger partial charge in [-0.05, 0) is 85.7 Å². The van der Waals surface area contributed by atoms with Crippen molar-refractivity contribution in [2.45, 2.75) is 72.8 Å². The predicted octanol–water partition coefficient (Wildman–Crippen LogP) is 7.60. The summed E-state index contributed by atoms with van der Waals surface area (Å²) in [5, 5.41) is 0. The molecule has 0 saturated carbocycles. The van der Waals surface area contributed by atoms with Gasteiger partial charge in [0.05, 0.1) is 13.2 Å². The molecule has 0 heterocycles. The third kappa shape index (κ3) is 15.1. The number of aryl methyl sites for hydroxylation is 1. The lowest BCUT2D eigenvalue weighted by Crippen LogP contribution is -2.45. The molecule has 0 bridgehead atoms. The summed E-state index contributed by atoms with van der Waals surface area (Å²) in [6.07, 6.45) is 7.41. The largest absolute Gasteiger partial charge is 0.493 e. The number of esters is 6. The fraction of sp³-hybridized carbons (Fsp3) is 0.391. The van der Waals surface area contributed by atoms with Gasteiger partial charge in [0.2, 0.25) is 0 Å². The van der Waals surface area contributed by atoms with E-state index in [2.05, 4.69) is 20.1 Å². The van der Waals surface area contributed by atoms with Gasteiger partial charge in [0.1, 0.15) is 50.0 Å². The number of halogens is 1. The molecule has 0 N–H and O–H groups in total. The standard InChI is InChI=1S/C46H53FO13/c1-7-11-12-13-14-15-32-16-22-38(39(47)24-32)34-19-23-37(35(25-34)26-56-40(48)8-2)33-17-20-36(21-18-33)57-27-46(28-58-41(49)31(5)6,29-59-44(52)42(50)54-9-3)30-60-45(53)43(51)55-10-4/h8,16-25H,2,5,7,9-15,26-30H2,1,3-4,6H3. The molecule has 3 rings (SSSR count). The van der Waals surface area contributed by atoms with Crippen LogP contribution in [-0.2, 0) is 70.2 Å². The molecule has 14 heteroatoms. The Kier molecular flexibility index (Phi) is 19.7. The van der Waals surface area contributed by atoms with Gasteiger partial charge in [0.25, 0.3) is 0 Å². The van der Waals surface area contributed by atoms with Crippen LogP contribution in [0.4, 0.5) is 4.39 Å². The van der Waals surface area contributed by atoms with Crippen LogP contribution in [0.1, 0.15) is 70.9 Å². The van der Waals surface area contributed by atoms with Gasteiger partial charge in [-0.2, -0.15) is 0 Å². The first-order valence-electron chi connectivity index (χ1n) is 19.7. The minimum Gasteiger partial charge on any atom is -0.493 e. The summed E-state index contributed by atoms with van der Waals surface area (Å²) in [5.74, 6) is -6.89. The average Bonchev–Trinajstić information content (AvgIpc) is 3.24. The van der Waals surface area contributed by atoms with E-state index in [-0.39, 0.29) is 37.0 Å². The summed E-state index contributed by atoms with van der Waals surface area (Å²) in [7, 11) is 0. The van der Waals surface area contributed by atoms with Crippen LogP contribution in [0.15, 0.2) is 85.5 Å². The van der Waals surface area contributed by atoms with Gasteiger partial charge in [0.15, 0.2) is 0 Å². The fourth-order valence-corrected chi connectivity index (χ4v) is 5.75. The van der Waals surface area contributed by atoms with Crippen LogP contribution < -0.4 is 4.74 Å². The molecule has 0 aliphatic carbocycles. The van der Waals surface area contributed by atoms with Crippen LogP contribution in [0.5, 0.6) is 5.75 Å². The first-order chi connectivity index (χ1) is 28.8. The maximum absolute atomic E-state index is 15.5. The number of hydrogen-bond donors (Lipinski definition) is 0. The molecule has 0 amide bonds. The van der Waals surface area contributed by atoms with Gasteiger partial charge < -0.3 is 33.2 Å². The Morgan fingerprint density at radius 2 is 1.18 bits per heavy atom. The summed E-state index contributed by atoms with van der Waals surface area (Å²) in [5.41, 5.74) is 2.20. The fourth-order valence-electron chi connectivity index (χ4n) is 5.75. The van der Waals surface area contributed by atoms with Crippen molar-refractivity contribution in [3.8, 4) is 28.0 Å². The molecule has 3 aromatic rings. The zero-order chi connectivity index (χ0) is 44.1. The minimum absolute atomic E-state index is 0.0330. The van der Waals surface area contributed by atoms with Crippen LogP contribution in [0.2, 0.25) is 0 Å². The van der Waals surface area contributed by atoms with E-state index in [0.29, 0.717) is 27.8 Å². The lowest BCUT2D eigenvalue weighted by molar-refractivity contribution is -0.178. The molecule has 0 unspecified atom stereocenters. The van der Waals surface area contributed by atoms with Gasteiger partial charge in [-0.15, -0.1) is 0 Å². The van der Waals surface area contributed by atoms with Crippen molar-refractivity contribution in [3.63, 3.8) is 0 Å². The molecule has 60 heavy (non-hydrogen) atoms. The number of carbonyl (C=O) groups excluding carboxylic acids is 6. The van der Waals surface area contributed by atoms with E-state index in [9.17, 15) is 28.8 Å². The van der Waals surface area contributed by atoms with Crippen molar-refractivity contribution < 1.29 is 66.3 Å². The van der Waals surface area contributed by atoms with Crippen molar-refractivity contribution in [1.29, 1.82) is 0 Å². The molecule has 0 radical (unpaired) electrons. The lowest BCUT2D eigenvalue weighted by Gasteiger charge is -2.31. The molecule has 0 aliphatic heterocycles. The molecular formula is C46H53FO13. The van der Waals surface area contributed by atoms with E-state index >= 15 is 4.39 Å². The summed E-state index contributed by atoms with van der Waals surface area (Å²) < 4.78 is 52.1. The number of rotatable bonds is 23. The third-order valence-electron chi connectivity index (χ3n) is 9.03. The van der Waals surface area contributed by atoms with Gasteiger partial charge >= 0.3 is 35.8 Å². The van der Waals surface area contributed by atoms with E-state index in [1.165, 1.54) is 27.2 Å². The number of carbonyl (C=O) groups is 6. The molecule has 0 atom stereocenters. The van der Waals surface area contributed by atoms with Gasteiger partial charge in [-0.25, -0.2) is 33.2 Å². The predicted molar refractivity (Wildman–Crippen MR) is 219 cm³/mol. The van der Waals surface area contributed by atoms with E-state index in [1.807, 2.05) is 6.07 Å². The van der Waals surface area contributed by atoms with Crippen LogP contribution in [0, 0.1) is 11.2 Å². The van der Waals surface area contributed by atoms with E-state index in [0.717, 1.165) is 43.7 Å². The van der Waals surface area contributed by atoms with Crippen LogP contribution in [0.25, 0.3) is 22.3 Å². The molecule has 0 spiro atoms. The van der Waals surface area contributed by atoms with Crippen molar-refractivity contribution in [1.82, 2.24) is 0 Å². The maximum Gasteiger partial charge on any atom is 0.417 e. The molecule has 0 aromatic heterocycles. The summed E-state index contributed by atoms with van der Waals surface area (Å²) in [6.45, 7) is 10.8. The topological polar surface area (TPSA) is 167 Å². The SMILES string of the molecule is C=CC(=O)OCc1cc(-c2ccc(CCCCCCC)cc2F)ccc1-c1ccc(OCC(COC(=O)C(=C)C)(COC(=O)C(=O)OCC)COC(=O)C(=O)OCC)cc1. The normalized spacial score (nSPS) is 10.8. The molecule has 0 fully saturated rings. The van der Waals surface area contributed by atoms with Crippen molar-refractivity contribution in [2.75, 3.05) is 39.6 Å². The third-order valence-corrected chi connectivity index (χ3v) is 9.03. The number of hydrogen-bond acceptors (Lipinski definition) is 13.